The number of ether oxygens (including phenoxy) is 1. The Morgan fingerprint density at radius 1 is 1.15 bits per heavy atom. The van der Waals surface area contributed by atoms with Gasteiger partial charge in [-0.05, 0) is 36.8 Å². The Labute approximate surface area is 155 Å². The van der Waals surface area contributed by atoms with Crippen molar-refractivity contribution >= 4 is 5.91 Å². The van der Waals surface area contributed by atoms with Crippen molar-refractivity contribution in [3.63, 3.8) is 0 Å². The molecule has 1 amide bonds. The molecular weight excluding hydrogens is 352 g/mol. The third-order valence-corrected chi connectivity index (χ3v) is 4.45. The summed E-state index contributed by atoms with van der Waals surface area (Å²) >= 11 is 0. The highest BCUT2D eigenvalue weighted by atomic mass is 19.2. The van der Waals surface area contributed by atoms with E-state index in [-0.39, 0.29) is 5.69 Å². The summed E-state index contributed by atoms with van der Waals surface area (Å²) in [6, 6.07) is 12.4. The summed E-state index contributed by atoms with van der Waals surface area (Å²) in [5.74, 6) is -1.94. The van der Waals surface area contributed by atoms with Crippen molar-refractivity contribution in [3.05, 3.63) is 77.6 Å². The van der Waals surface area contributed by atoms with Crippen LogP contribution in [-0.4, -0.2) is 34.7 Å². The number of amides is 1. The zero-order valence-electron chi connectivity index (χ0n) is 15.2. The molecule has 5 nitrogen and oxygen atoms in total. The van der Waals surface area contributed by atoms with E-state index in [1.807, 2.05) is 30.3 Å². The van der Waals surface area contributed by atoms with Crippen molar-refractivity contribution in [2.75, 3.05) is 14.2 Å². The topological polar surface area (TPSA) is 47.4 Å². The summed E-state index contributed by atoms with van der Waals surface area (Å²) in [5.41, 5.74) is 1.40. The number of hydrogen-bond donors (Lipinski definition) is 0. The van der Waals surface area contributed by atoms with E-state index in [9.17, 15) is 13.6 Å². The van der Waals surface area contributed by atoms with Crippen molar-refractivity contribution in [3.8, 4) is 11.4 Å². The summed E-state index contributed by atoms with van der Waals surface area (Å²) in [7, 11) is 3.04. The molecule has 2 aromatic carbocycles. The van der Waals surface area contributed by atoms with E-state index < -0.39 is 23.6 Å². The molecule has 0 aliphatic heterocycles. The molecule has 0 spiro atoms. The summed E-state index contributed by atoms with van der Waals surface area (Å²) < 4.78 is 33.5. The summed E-state index contributed by atoms with van der Waals surface area (Å²) in [5, 5.41) is 4.35. The molecule has 1 aromatic heterocycles. The van der Waals surface area contributed by atoms with E-state index in [0.29, 0.717) is 11.3 Å². The van der Waals surface area contributed by atoms with Crippen LogP contribution in [0, 0.1) is 11.6 Å². The van der Waals surface area contributed by atoms with Gasteiger partial charge in [0.05, 0.1) is 25.0 Å². The number of para-hydroxylation sites is 1. The Morgan fingerprint density at radius 3 is 2.48 bits per heavy atom. The molecule has 0 aliphatic carbocycles. The summed E-state index contributed by atoms with van der Waals surface area (Å²) in [4.78, 5) is 14.3. The van der Waals surface area contributed by atoms with Gasteiger partial charge in [-0.2, -0.15) is 5.10 Å². The van der Waals surface area contributed by atoms with Gasteiger partial charge >= 0.3 is 0 Å². The second-order valence-corrected chi connectivity index (χ2v) is 6.09. The highest BCUT2D eigenvalue weighted by Crippen LogP contribution is 2.26. The number of methoxy groups -OCH3 is 1. The quantitative estimate of drug-likeness (QED) is 0.681. The number of carbonyl (C=O) groups is 1. The number of rotatable bonds is 5. The van der Waals surface area contributed by atoms with Gasteiger partial charge in [0.1, 0.15) is 0 Å². The average Bonchev–Trinajstić information content (AvgIpc) is 3.13. The first-order valence-corrected chi connectivity index (χ1v) is 8.33. The lowest BCUT2D eigenvalue weighted by molar-refractivity contribution is 0.0732. The lowest BCUT2D eigenvalue weighted by Crippen LogP contribution is -2.30. The van der Waals surface area contributed by atoms with Crippen LogP contribution < -0.4 is 4.74 Å². The standard InChI is InChI=1S/C20H19F2N3O2/c1-13(14-9-10-16(21)17(22)11-14)24(2)20(26)19-18(27-3)12-25(23-19)15-7-5-4-6-8-15/h4-13H,1-3H3. The minimum Gasteiger partial charge on any atom is -0.493 e. The SMILES string of the molecule is COc1cn(-c2ccccc2)nc1C(=O)N(C)C(C)c1ccc(F)c(F)c1. The van der Waals surface area contributed by atoms with Crippen LogP contribution in [0.25, 0.3) is 5.69 Å². The molecular formula is C20H19F2N3O2. The molecule has 0 N–H and O–H groups in total. The fourth-order valence-electron chi connectivity index (χ4n) is 2.71. The zero-order chi connectivity index (χ0) is 19.6. The van der Waals surface area contributed by atoms with Crippen molar-refractivity contribution in [2.24, 2.45) is 0 Å². The lowest BCUT2D eigenvalue weighted by atomic mass is 10.1. The molecule has 1 atom stereocenters. The number of carbonyl (C=O) groups excluding carboxylic acids is 1. The van der Waals surface area contributed by atoms with Gasteiger partial charge in [-0.3, -0.25) is 4.79 Å². The van der Waals surface area contributed by atoms with Gasteiger partial charge in [0, 0.05) is 7.05 Å². The number of hydrogen-bond acceptors (Lipinski definition) is 3. The van der Waals surface area contributed by atoms with Gasteiger partial charge in [-0.15, -0.1) is 0 Å². The predicted molar refractivity (Wildman–Crippen MR) is 97.0 cm³/mol. The monoisotopic (exact) mass is 371 g/mol. The maximum absolute atomic E-state index is 13.5. The van der Waals surface area contributed by atoms with Crippen LogP contribution in [0.2, 0.25) is 0 Å². The molecule has 1 heterocycles. The van der Waals surface area contributed by atoms with E-state index >= 15 is 0 Å². The number of aromatic nitrogens is 2. The van der Waals surface area contributed by atoms with Crippen molar-refractivity contribution in [1.82, 2.24) is 14.7 Å². The van der Waals surface area contributed by atoms with Gasteiger partial charge in [0.25, 0.3) is 5.91 Å². The van der Waals surface area contributed by atoms with Gasteiger partial charge in [0.2, 0.25) is 0 Å². The van der Waals surface area contributed by atoms with Crippen molar-refractivity contribution < 1.29 is 18.3 Å². The fraction of sp³-hybridized carbons (Fsp3) is 0.200. The predicted octanol–water partition coefficient (Wildman–Crippen LogP) is 3.99. The molecule has 0 fully saturated rings. The number of halogens is 2. The molecule has 3 aromatic rings. The van der Waals surface area contributed by atoms with E-state index in [1.54, 1.807) is 24.9 Å². The molecule has 0 aliphatic rings. The Morgan fingerprint density at radius 2 is 1.85 bits per heavy atom. The highest BCUT2D eigenvalue weighted by molar-refractivity contribution is 5.95. The number of benzene rings is 2. The van der Waals surface area contributed by atoms with Crippen LogP contribution in [-0.2, 0) is 0 Å². The van der Waals surface area contributed by atoms with E-state index in [1.165, 1.54) is 18.1 Å². The minimum atomic E-state index is -0.953. The molecule has 1 unspecified atom stereocenters. The van der Waals surface area contributed by atoms with E-state index in [4.69, 9.17) is 4.74 Å². The van der Waals surface area contributed by atoms with Crippen LogP contribution in [0.1, 0.15) is 29.0 Å². The third-order valence-electron chi connectivity index (χ3n) is 4.45. The molecule has 140 valence electrons. The van der Waals surface area contributed by atoms with Crippen molar-refractivity contribution in [2.45, 2.75) is 13.0 Å². The first kappa shape index (κ1) is 18.6. The normalized spacial score (nSPS) is 11.9. The third kappa shape index (κ3) is 3.67. The maximum Gasteiger partial charge on any atom is 0.278 e. The summed E-state index contributed by atoms with van der Waals surface area (Å²) in [6.07, 6.45) is 1.62. The Hall–Kier alpha value is -3.22. The van der Waals surface area contributed by atoms with Crippen LogP contribution in [0.5, 0.6) is 5.75 Å². The first-order chi connectivity index (χ1) is 12.9. The highest BCUT2D eigenvalue weighted by Gasteiger charge is 2.26. The maximum atomic E-state index is 13.5. The Balaban J connectivity index is 1.90. The van der Waals surface area contributed by atoms with E-state index in [0.717, 1.165) is 17.8 Å². The number of nitrogens with zero attached hydrogens (tertiary/aromatic N) is 3. The molecule has 7 heteroatoms. The van der Waals surface area contributed by atoms with Crippen LogP contribution in [0.4, 0.5) is 8.78 Å². The second kappa shape index (κ2) is 7.57. The molecule has 27 heavy (non-hydrogen) atoms. The first-order valence-electron chi connectivity index (χ1n) is 8.33. The van der Waals surface area contributed by atoms with Crippen LogP contribution in [0.15, 0.2) is 54.7 Å². The largest absolute Gasteiger partial charge is 0.493 e. The molecule has 0 bridgehead atoms. The van der Waals surface area contributed by atoms with Gasteiger partial charge in [0.15, 0.2) is 23.1 Å². The Kier molecular flexibility index (Phi) is 5.21. The fourth-order valence-corrected chi connectivity index (χ4v) is 2.71. The van der Waals surface area contributed by atoms with Gasteiger partial charge < -0.3 is 9.64 Å². The second-order valence-electron chi connectivity index (χ2n) is 6.09. The molecule has 0 saturated carbocycles. The zero-order valence-corrected chi connectivity index (χ0v) is 15.2. The molecule has 3 rings (SSSR count). The van der Waals surface area contributed by atoms with E-state index in [2.05, 4.69) is 5.10 Å². The van der Waals surface area contributed by atoms with Gasteiger partial charge in [-0.1, -0.05) is 24.3 Å². The van der Waals surface area contributed by atoms with Crippen molar-refractivity contribution in [1.29, 1.82) is 0 Å². The van der Waals surface area contributed by atoms with Crippen LogP contribution in [0.3, 0.4) is 0 Å². The smallest absolute Gasteiger partial charge is 0.278 e. The minimum absolute atomic E-state index is 0.137. The lowest BCUT2D eigenvalue weighted by Gasteiger charge is -2.25. The van der Waals surface area contributed by atoms with Gasteiger partial charge in [-0.25, -0.2) is 13.5 Å². The Bertz CT molecular complexity index is 957. The molecule has 0 saturated heterocycles. The average molecular weight is 371 g/mol. The van der Waals surface area contributed by atoms with Crippen LogP contribution >= 0.6 is 0 Å². The molecule has 0 radical (unpaired) electrons. The summed E-state index contributed by atoms with van der Waals surface area (Å²) in [6.45, 7) is 1.73.